The fourth-order valence-corrected chi connectivity index (χ4v) is 1.85. The van der Waals surface area contributed by atoms with Crippen LogP contribution in [0.4, 0.5) is 0 Å². The van der Waals surface area contributed by atoms with Crippen LogP contribution in [0.15, 0.2) is 4.52 Å². The van der Waals surface area contributed by atoms with Crippen molar-refractivity contribution in [3.8, 4) is 0 Å². The van der Waals surface area contributed by atoms with Gasteiger partial charge in [-0.15, -0.1) is 0 Å². The van der Waals surface area contributed by atoms with Crippen LogP contribution in [-0.2, 0) is 22.5 Å². The highest BCUT2D eigenvalue weighted by Crippen LogP contribution is 2.16. The quantitative estimate of drug-likeness (QED) is 0.736. The fraction of sp³-hybridized carbons (Fsp3) is 0.818. The van der Waals surface area contributed by atoms with Gasteiger partial charge in [0.1, 0.15) is 6.61 Å². The first-order valence-electron chi connectivity index (χ1n) is 6.09. The van der Waals surface area contributed by atoms with Crippen molar-refractivity contribution in [2.24, 2.45) is 5.73 Å². The Morgan fingerprint density at radius 3 is 3.12 bits per heavy atom. The van der Waals surface area contributed by atoms with Crippen molar-refractivity contribution in [2.75, 3.05) is 19.8 Å². The van der Waals surface area contributed by atoms with E-state index in [-0.39, 0.29) is 6.10 Å². The predicted molar refractivity (Wildman–Crippen MR) is 60.3 cm³/mol. The monoisotopic (exact) mass is 241 g/mol. The topological polar surface area (TPSA) is 83.4 Å². The van der Waals surface area contributed by atoms with Crippen LogP contribution in [0, 0.1) is 0 Å². The normalized spacial score (nSPS) is 20.6. The minimum atomic E-state index is 0.235. The Balaban J connectivity index is 1.76. The lowest BCUT2D eigenvalue weighted by Crippen LogP contribution is -2.21. The Hall–Kier alpha value is -0.980. The Labute approximate surface area is 100 Å². The van der Waals surface area contributed by atoms with Crippen molar-refractivity contribution in [3.63, 3.8) is 0 Å². The minimum Gasteiger partial charge on any atom is -0.378 e. The Morgan fingerprint density at radius 2 is 2.35 bits per heavy atom. The molecule has 0 aromatic carbocycles. The molecular formula is C11H19N3O3. The second kappa shape index (κ2) is 6.68. The second-order valence-corrected chi connectivity index (χ2v) is 4.14. The van der Waals surface area contributed by atoms with Gasteiger partial charge in [-0.05, 0) is 19.3 Å². The molecule has 1 saturated heterocycles. The van der Waals surface area contributed by atoms with Gasteiger partial charge in [0.15, 0.2) is 5.82 Å². The van der Waals surface area contributed by atoms with Crippen molar-refractivity contribution in [2.45, 2.75) is 38.4 Å². The number of rotatable bonds is 6. The van der Waals surface area contributed by atoms with Crippen LogP contribution in [-0.4, -0.2) is 36.0 Å². The van der Waals surface area contributed by atoms with Crippen LogP contribution < -0.4 is 5.73 Å². The molecule has 96 valence electrons. The van der Waals surface area contributed by atoms with Gasteiger partial charge in [-0.2, -0.15) is 4.98 Å². The first kappa shape index (κ1) is 12.5. The maximum Gasteiger partial charge on any atom is 0.252 e. The fourth-order valence-electron chi connectivity index (χ4n) is 1.85. The molecule has 6 nitrogen and oxygen atoms in total. The molecule has 0 aliphatic carbocycles. The van der Waals surface area contributed by atoms with Gasteiger partial charge in [0.05, 0.1) is 12.7 Å². The van der Waals surface area contributed by atoms with Crippen LogP contribution in [0.5, 0.6) is 0 Å². The SMILES string of the molecule is NCCOCc1nc(CC2CCCCO2)no1. The van der Waals surface area contributed by atoms with Gasteiger partial charge in [0.25, 0.3) is 5.89 Å². The molecular weight excluding hydrogens is 222 g/mol. The van der Waals surface area contributed by atoms with Crippen molar-refractivity contribution in [1.82, 2.24) is 10.1 Å². The van der Waals surface area contributed by atoms with E-state index in [1.165, 1.54) is 6.42 Å². The largest absolute Gasteiger partial charge is 0.378 e. The third-order valence-electron chi connectivity index (χ3n) is 2.68. The highest BCUT2D eigenvalue weighted by Gasteiger charge is 2.17. The number of nitrogens with zero attached hydrogens (tertiary/aromatic N) is 2. The molecule has 0 saturated carbocycles. The lowest BCUT2D eigenvalue weighted by atomic mass is 10.1. The molecule has 2 rings (SSSR count). The van der Waals surface area contributed by atoms with Gasteiger partial charge < -0.3 is 19.7 Å². The summed E-state index contributed by atoms with van der Waals surface area (Å²) in [4.78, 5) is 4.25. The summed E-state index contributed by atoms with van der Waals surface area (Å²) < 4.78 is 15.9. The molecule has 1 atom stereocenters. The molecule has 17 heavy (non-hydrogen) atoms. The second-order valence-electron chi connectivity index (χ2n) is 4.14. The van der Waals surface area contributed by atoms with Gasteiger partial charge in [-0.1, -0.05) is 5.16 Å². The summed E-state index contributed by atoms with van der Waals surface area (Å²) >= 11 is 0. The summed E-state index contributed by atoms with van der Waals surface area (Å²) in [5.74, 6) is 1.20. The molecule has 6 heteroatoms. The summed E-state index contributed by atoms with van der Waals surface area (Å²) in [5, 5.41) is 3.91. The van der Waals surface area contributed by atoms with E-state index in [0.29, 0.717) is 31.5 Å². The van der Waals surface area contributed by atoms with E-state index < -0.39 is 0 Å². The summed E-state index contributed by atoms with van der Waals surface area (Å²) in [6.07, 6.45) is 4.41. The van der Waals surface area contributed by atoms with Crippen LogP contribution in [0.3, 0.4) is 0 Å². The standard InChI is InChI=1S/C11H19N3O3/c12-4-6-15-8-11-13-10(14-17-11)7-9-3-1-2-5-16-9/h9H,1-8,12H2. The predicted octanol–water partition coefficient (Wildman–Crippen LogP) is 0.656. The van der Waals surface area contributed by atoms with E-state index in [0.717, 1.165) is 25.9 Å². The van der Waals surface area contributed by atoms with Gasteiger partial charge in [0.2, 0.25) is 0 Å². The molecule has 1 aromatic rings. The number of nitrogens with two attached hydrogens (primary N) is 1. The molecule has 0 bridgehead atoms. The maximum atomic E-state index is 5.62. The molecule has 2 N–H and O–H groups in total. The summed E-state index contributed by atoms with van der Waals surface area (Å²) in [7, 11) is 0. The minimum absolute atomic E-state index is 0.235. The smallest absolute Gasteiger partial charge is 0.252 e. The molecule has 0 spiro atoms. The lowest BCUT2D eigenvalue weighted by molar-refractivity contribution is 0.0153. The molecule has 2 heterocycles. The zero-order valence-corrected chi connectivity index (χ0v) is 9.93. The lowest BCUT2D eigenvalue weighted by Gasteiger charge is -2.20. The van der Waals surface area contributed by atoms with Gasteiger partial charge in [-0.25, -0.2) is 0 Å². The van der Waals surface area contributed by atoms with Gasteiger partial charge >= 0.3 is 0 Å². The van der Waals surface area contributed by atoms with E-state index in [1.807, 2.05) is 0 Å². The van der Waals surface area contributed by atoms with Crippen LogP contribution in [0.25, 0.3) is 0 Å². The highest BCUT2D eigenvalue weighted by atomic mass is 16.5. The average molecular weight is 241 g/mol. The van der Waals surface area contributed by atoms with Crippen molar-refractivity contribution >= 4 is 0 Å². The Bertz CT molecular complexity index is 324. The molecule has 1 fully saturated rings. The highest BCUT2D eigenvalue weighted by molar-refractivity contribution is 4.88. The first-order valence-corrected chi connectivity index (χ1v) is 6.09. The zero-order chi connectivity index (χ0) is 11.9. The Morgan fingerprint density at radius 1 is 1.41 bits per heavy atom. The van der Waals surface area contributed by atoms with E-state index in [4.69, 9.17) is 19.7 Å². The van der Waals surface area contributed by atoms with Gasteiger partial charge in [-0.3, -0.25) is 0 Å². The number of aromatic nitrogens is 2. The molecule has 1 unspecified atom stereocenters. The van der Waals surface area contributed by atoms with Crippen LogP contribution >= 0.6 is 0 Å². The van der Waals surface area contributed by atoms with Crippen LogP contribution in [0.2, 0.25) is 0 Å². The van der Waals surface area contributed by atoms with E-state index in [1.54, 1.807) is 0 Å². The number of hydrogen-bond donors (Lipinski definition) is 1. The van der Waals surface area contributed by atoms with E-state index in [2.05, 4.69) is 10.1 Å². The van der Waals surface area contributed by atoms with Crippen molar-refractivity contribution in [1.29, 1.82) is 0 Å². The molecule has 1 aromatic heterocycles. The maximum absolute atomic E-state index is 5.62. The summed E-state index contributed by atoms with van der Waals surface area (Å²) in [6, 6.07) is 0. The molecule has 0 radical (unpaired) electrons. The summed E-state index contributed by atoms with van der Waals surface area (Å²) in [6.45, 7) is 2.17. The molecule has 1 aliphatic rings. The van der Waals surface area contributed by atoms with E-state index in [9.17, 15) is 0 Å². The zero-order valence-electron chi connectivity index (χ0n) is 9.93. The number of ether oxygens (including phenoxy) is 2. The number of hydrogen-bond acceptors (Lipinski definition) is 6. The molecule has 0 amide bonds. The molecule has 1 aliphatic heterocycles. The third kappa shape index (κ3) is 4.07. The van der Waals surface area contributed by atoms with Gasteiger partial charge in [0, 0.05) is 19.6 Å². The van der Waals surface area contributed by atoms with Crippen molar-refractivity contribution in [3.05, 3.63) is 11.7 Å². The first-order chi connectivity index (χ1) is 8.38. The third-order valence-corrected chi connectivity index (χ3v) is 2.68. The summed E-state index contributed by atoms with van der Waals surface area (Å²) in [5.41, 5.74) is 5.31. The average Bonchev–Trinajstić information content (AvgIpc) is 2.79. The van der Waals surface area contributed by atoms with Crippen molar-refractivity contribution < 1.29 is 14.0 Å². The Kier molecular flexibility index (Phi) is 4.90. The van der Waals surface area contributed by atoms with E-state index >= 15 is 0 Å². The van der Waals surface area contributed by atoms with Crippen LogP contribution in [0.1, 0.15) is 31.0 Å².